The quantitative estimate of drug-likeness (QED) is 0.718. The second kappa shape index (κ2) is 7.99. The van der Waals surface area contributed by atoms with Crippen LogP contribution >= 0.6 is 0 Å². The van der Waals surface area contributed by atoms with Crippen molar-refractivity contribution >= 4 is 16.9 Å². The number of hydrogen-bond donors (Lipinski definition) is 1. The Hall–Kier alpha value is -2.66. The minimum Gasteiger partial charge on any atom is -0.508 e. The second-order valence-electron chi connectivity index (χ2n) is 8.29. The summed E-state index contributed by atoms with van der Waals surface area (Å²) < 4.78 is 0. The summed E-state index contributed by atoms with van der Waals surface area (Å²) in [6.45, 7) is 4.67. The van der Waals surface area contributed by atoms with E-state index in [0.717, 1.165) is 47.1 Å². The van der Waals surface area contributed by atoms with Crippen LogP contribution in [0.3, 0.4) is 0 Å². The number of hydrogen-bond acceptors (Lipinski definition) is 5. The highest BCUT2D eigenvalue weighted by Gasteiger charge is 2.26. The fourth-order valence-corrected chi connectivity index (χ4v) is 4.73. The van der Waals surface area contributed by atoms with Gasteiger partial charge in [0.15, 0.2) is 0 Å². The van der Waals surface area contributed by atoms with Crippen molar-refractivity contribution < 1.29 is 5.11 Å². The molecule has 5 heteroatoms. The molecule has 1 aromatic heterocycles. The molecule has 0 aliphatic carbocycles. The van der Waals surface area contributed by atoms with E-state index < -0.39 is 0 Å². The average Bonchev–Trinajstić information content (AvgIpc) is 2.79. The largest absolute Gasteiger partial charge is 0.508 e. The summed E-state index contributed by atoms with van der Waals surface area (Å²) in [5.41, 5.74) is 4.00. The molecule has 150 valence electrons. The number of anilines is 1. The standard InChI is InChI=1S/C24H28N4O/c29-21-7-4-18(5-8-21)19-6-9-22-23(16-19)26-24(17-25-22)28-14-10-20(11-15-28)27-12-2-1-3-13-27/h4-9,16-17,20,29H,1-3,10-15H2. The number of rotatable bonds is 3. The highest BCUT2D eigenvalue weighted by molar-refractivity contribution is 5.82. The SMILES string of the molecule is Oc1ccc(-c2ccc3ncc(N4CCC(N5CCCCC5)CC4)nc3c2)cc1. The molecule has 2 aliphatic rings. The molecular formula is C24H28N4O. The Balaban J connectivity index is 1.33. The number of phenols is 1. The van der Waals surface area contributed by atoms with Gasteiger partial charge in [0.05, 0.1) is 17.2 Å². The summed E-state index contributed by atoms with van der Waals surface area (Å²) in [7, 11) is 0. The predicted octanol–water partition coefficient (Wildman–Crippen LogP) is 4.46. The zero-order valence-corrected chi connectivity index (χ0v) is 16.8. The molecule has 0 spiro atoms. The van der Waals surface area contributed by atoms with E-state index in [-0.39, 0.29) is 5.75 Å². The lowest BCUT2D eigenvalue weighted by Crippen LogP contribution is -2.46. The van der Waals surface area contributed by atoms with Crippen molar-refractivity contribution in [3.8, 4) is 16.9 Å². The Morgan fingerprint density at radius 3 is 2.28 bits per heavy atom. The normalized spacial score (nSPS) is 19.0. The maximum atomic E-state index is 9.53. The van der Waals surface area contributed by atoms with E-state index in [1.807, 2.05) is 24.4 Å². The summed E-state index contributed by atoms with van der Waals surface area (Å²) in [6.07, 6.45) is 8.47. The van der Waals surface area contributed by atoms with Gasteiger partial charge >= 0.3 is 0 Å². The van der Waals surface area contributed by atoms with Gasteiger partial charge in [0.2, 0.25) is 0 Å². The van der Waals surface area contributed by atoms with E-state index in [1.54, 1.807) is 12.1 Å². The van der Waals surface area contributed by atoms with E-state index in [4.69, 9.17) is 4.98 Å². The number of fused-ring (bicyclic) bond motifs is 1. The molecule has 2 aliphatic heterocycles. The van der Waals surface area contributed by atoms with Gasteiger partial charge < -0.3 is 14.9 Å². The zero-order valence-electron chi connectivity index (χ0n) is 16.8. The lowest BCUT2D eigenvalue weighted by Gasteiger charge is -2.40. The number of aromatic nitrogens is 2. The van der Waals surface area contributed by atoms with Gasteiger partial charge in [-0.2, -0.15) is 0 Å². The van der Waals surface area contributed by atoms with Crippen LogP contribution in [0.25, 0.3) is 22.2 Å². The first-order valence-corrected chi connectivity index (χ1v) is 10.8. The van der Waals surface area contributed by atoms with Crippen molar-refractivity contribution in [3.63, 3.8) is 0 Å². The number of benzene rings is 2. The molecule has 1 N–H and O–H groups in total. The summed E-state index contributed by atoms with van der Waals surface area (Å²) in [4.78, 5) is 14.7. The Kier molecular flexibility index (Phi) is 5.06. The summed E-state index contributed by atoms with van der Waals surface area (Å²) in [5.74, 6) is 1.27. The van der Waals surface area contributed by atoms with Gasteiger partial charge in [-0.15, -0.1) is 0 Å². The predicted molar refractivity (Wildman–Crippen MR) is 117 cm³/mol. The molecule has 0 unspecified atom stereocenters. The van der Waals surface area contributed by atoms with E-state index in [9.17, 15) is 5.11 Å². The lowest BCUT2D eigenvalue weighted by molar-refractivity contribution is 0.141. The van der Waals surface area contributed by atoms with Crippen LogP contribution in [0.4, 0.5) is 5.82 Å². The van der Waals surface area contributed by atoms with E-state index in [0.29, 0.717) is 0 Å². The Morgan fingerprint density at radius 2 is 1.52 bits per heavy atom. The summed E-state index contributed by atoms with van der Waals surface area (Å²) >= 11 is 0. The molecule has 0 radical (unpaired) electrons. The van der Waals surface area contributed by atoms with Crippen LogP contribution in [0, 0.1) is 0 Å². The first kappa shape index (κ1) is 18.4. The number of likely N-dealkylation sites (tertiary alicyclic amines) is 1. The molecule has 29 heavy (non-hydrogen) atoms. The third-order valence-corrected chi connectivity index (χ3v) is 6.43. The highest BCUT2D eigenvalue weighted by atomic mass is 16.3. The Morgan fingerprint density at radius 1 is 0.793 bits per heavy atom. The van der Waals surface area contributed by atoms with Crippen LogP contribution < -0.4 is 4.90 Å². The molecule has 2 saturated heterocycles. The molecule has 5 rings (SSSR count). The van der Waals surface area contributed by atoms with Crippen LogP contribution in [0.1, 0.15) is 32.1 Å². The smallest absolute Gasteiger partial charge is 0.147 e. The van der Waals surface area contributed by atoms with E-state index in [2.05, 4.69) is 26.9 Å². The third-order valence-electron chi connectivity index (χ3n) is 6.43. The van der Waals surface area contributed by atoms with Crippen LogP contribution in [0.5, 0.6) is 5.75 Å². The maximum Gasteiger partial charge on any atom is 0.147 e. The number of piperidine rings is 2. The molecule has 0 amide bonds. The van der Waals surface area contributed by atoms with Gasteiger partial charge in [0.1, 0.15) is 11.6 Å². The van der Waals surface area contributed by atoms with Gasteiger partial charge in [-0.1, -0.05) is 24.6 Å². The molecule has 0 saturated carbocycles. The fraction of sp³-hybridized carbons (Fsp3) is 0.417. The topological polar surface area (TPSA) is 52.5 Å². The first-order chi connectivity index (χ1) is 14.3. The minimum atomic E-state index is 0.282. The van der Waals surface area contributed by atoms with Crippen molar-refractivity contribution in [2.45, 2.75) is 38.1 Å². The fourth-order valence-electron chi connectivity index (χ4n) is 4.73. The molecule has 2 fully saturated rings. The van der Waals surface area contributed by atoms with Gasteiger partial charge in [0.25, 0.3) is 0 Å². The van der Waals surface area contributed by atoms with Crippen molar-refractivity contribution in [2.75, 3.05) is 31.1 Å². The molecule has 2 aromatic carbocycles. The van der Waals surface area contributed by atoms with Crippen LogP contribution in [0.15, 0.2) is 48.7 Å². The maximum absolute atomic E-state index is 9.53. The van der Waals surface area contributed by atoms with E-state index in [1.165, 1.54) is 45.2 Å². The van der Waals surface area contributed by atoms with Gasteiger partial charge in [-0.05, 0) is 74.2 Å². The van der Waals surface area contributed by atoms with Crippen LogP contribution in [0.2, 0.25) is 0 Å². The van der Waals surface area contributed by atoms with E-state index >= 15 is 0 Å². The molecule has 3 heterocycles. The Bertz CT molecular complexity index is 974. The molecule has 0 atom stereocenters. The molecular weight excluding hydrogens is 360 g/mol. The Labute approximate surface area is 172 Å². The lowest BCUT2D eigenvalue weighted by atomic mass is 10.00. The van der Waals surface area contributed by atoms with Gasteiger partial charge in [-0.25, -0.2) is 4.98 Å². The average molecular weight is 389 g/mol. The summed E-state index contributed by atoms with van der Waals surface area (Å²) in [5, 5.41) is 9.53. The van der Waals surface area contributed by atoms with Crippen LogP contribution in [-0.2, 0) is 0 Å². The minimum absolute atomic E-state index is 0.282. The number of nitrogens with zero attached hydrogens (tertiary/aromatic N) is 4. The summed E-state index contributed by atoms with van der Waals surface area (Å²) in [6, 6.07) is 14.2. The molecule has 3 aromatic rings. The highest BCUT2D eigenvalue weighted by Crippen LogP contribution is 2.27. The van der Waals surface area contributed by atoms with Crippen LogP contribution in [-0.4, -0.2) is 52.2 Å². The molecule has 5 nitrogen and oxygen atoms in total. The van der Waals surface area contributed by atoms with Crippen molar-refractivity contribution in [1.82, 2.24) is 14.9 Å². The van der Waals surface area contributed by atoms with Crippen molar-refractivity contribution in [3.05, 3.63) is 48.7 Å². The van der Waals surface area contributed by atoms with Crippen molar-refractivity contribution in [1.29, 1.82) is 0 Å². The third kappa shape index (κ3) is 3.92. The zero-order chi connectivity index (χ0) is 19.6. The monoisotopic (exact) mass is 388 g/mol. The second-order valence-corrected chi connectivity index (χ2v) is 8.29. The van der Waals surface area contributed by atoms with Gasteiger partial charge in [-0.3, -0.25) is 4.98 Å². The number of phenolic OH excluding ortho intramolecular Hbond substituents is 1. The van der Waals surface area contributed by atoms with Gasteiger partial charge in [0, 0.05) is 19.1 Å². The number of aromatic hydroxyl groups is 1. The molecule has 0 bridgehead atoms. The first-order valence-electron chi connectivity index (χ1n) is 10.8. The van der Waals surface area contributed by atoms with Crippen molar-refractivity contribution in [2.24, 2.45) is 0 Å².